The first kappa shape index (κ1) is 17.6. The van der Waals surface area contributed by atoms with Gasteiger partial charge in [0.25, 0.3) is 0 Å². The Labute approximate surface area is 148 Å². The molecule has 8 heteroatoms. The molecule has 0 saturated carbocycles. The molecule has 0 bridgehead atoms. The van der Waals surface area contributed by atoms with E-state index in [9.17, 15) is 4.79 Å². The first-order chi connectivity index (χ1) is 12.0. The van der Waals surface area contributed by atoms with Crippen LogP contribution >= 0.6 is 0 Å². The van der Waals surface area contributed by atoms with Gasteiger partial charge in [-0.25, -0.2) is 9.67 Å². The fourth-order valence-corrected chi connectivity index (χ4v) is 3.33. The highest BCUT2D eigenvalue weighted by Gasteiger charge is 2.27. The van der Waals surface area contributed by atoms with Crippen molar-refractivity contribution in [1.29, 1.82) is 0 Å². The number of hydrogen-bond donors (Lipinski definition) is 0. The van der Waals surface area contributed by atoms with Crippen molar-refractivity contribution in [1.82, 2.24) is 34.7 Å². The SMILES string of the molecule is CC(C)Cc1cn(CC2CCN(C(=O)[C@@H](C)n3cncn3)CC2)nn1. The Hall–Kier alpha value is -2.25. The molecule has 136 valence electrons. The normalized spacial score (nSPS) is 17.2. The maximum atomic E-state index is 12.6. The molecule has 0 radical (unpaired) electrons. The van der Waals surface area contributed by atoms with Crippen LogP contribution in [-0.2, 0) is 17.8 Å². The van der Waals surface area contributed by atoms with Gasteiger partial charge in [0.1, 0.15) is 18.7 Å². The van der Waals surface area contributed by atoms with Gasteiger partial charge >= 0.3 is 0 Å². The summed E-state index contributed by atoms with van der Waals surface area (Å²) < 4.78 is 3.57. The summed E-state index contributed by atoms with van der Waals surface area (Å²) in [6, 6.07) is -0.298. The highest BCUT2D eigenvalue weighted by molar-refractivity contribution is 5.80. The smallest absolute Gasteiger partial charge is 0.247 e. The lowest BCUT2D eigenvalue weighted by molar-refractivity contribution is -0.136. The second-order valence-electron chi connectivity index (χ2n) is 7.35. The minimum Gasteiger partial charge on any atom is -0.341 e. The van der Waals surface area contributed by atoms with Crippen LogP contribution in [-0.4, -0.2) is 53.7 Å². The molecule has 2 aromatic rings. The first-order valence-corrected chi connectivity index (χ1v) is 9.05. The van der Waals surface area contributed by atoms with E-state index in [1.54, 1.807) is 11.0 Å². The van der Waals surface area contributed by atoms with Crippen LogP contribution in [0.25, 0.3) is 0 Å². The number of hydrogen-bond acceptors (Lipinski definition) is 5. The van der Waals surface area contributed by atoms with E-state index < -0.39 is 0 Å². The van der Waals surface area contributed by atoms with Gasteiger partial charge < -0.3 is 4.90 Å². The molecule has 3 heterocycles. The summed E-state index contributed by atoms with van der Waals surface area (Å²) in [5.41, 5.74) is 1.06. The topological polar surface area (TPSA) is 81.7 Å². The van der Waals surface area contributed by atoms with Crippen LogP contribution in [0.4, 0.5) is 0 Å². The van der Waals surface area contributed by atoms with Crippen molar-refractivity contribution in [2.45, 2.75) is 52.6 Å². The van der Waals surface area contributed by atoms with E-state index in [1.807, 2.05) is 16.5 Å². The lowest BCUT2D eigenvalue weighted by Gasteiger charge is -2.33. The fraction of sp³-hybridized carbons (Fsp3) is 0.706. The highest BCUT2D eigenvalue weighted by atomic mass is 16.2. The Balaban J connectivity index is 1.48. The van der Waals surface area contributed by atoms with Gasteiger partial charge in [-0.3, -0.25) is 9.48 Å². The molecule has 0 N–H and O–H groups in total. The van der Waals surface area contributed by atoms with Crippen molar-refractivity contribution in [3.05, 3.63) is 24.5 Å². The van der Waals surface area contributed by atoms with Crippen LogP contribution in [0.5, 0.6) is 0 Å². The van der Waals surface area contributed by atoms with Crippen LogP contribution in [0.2, 0.25) is 0 Å². The van der Waals surface area contributed by atoms with Gasteiger partial charge in [0.15, 0.2) is 0 Å². The molecule has 0 unspecified atom stereocenters. The van der Waals surface area contributed by atoms with Gasteiger partial charge in [-0.05, 0) is 38.0 Å². The molecule has 1 atom stereocenters. The molecule has 1 fully saturated rings. The summed E-state index contributed by atoms with van der Waals surface area (Å²) in [6.07, 6.45) is 8.07. The summed E-state index contributed by atoms with van der Waals surface area (Å²) in [5, 5.41) is 12.6. The third kappa shape index (κ3) is 4.43. The molecule has 8 nitrogen and oxygen atoms in total. The third-order valence-electron chi connectivity index (χ3n) is 4.77. The van der Waals surface area contributed by atoms with Crippen LogP contribution in [0.1, 0.15) is 45.3 Å². The Morgan fingerprint density at radius 1 is 1.28 bits per heavy atom. The zero-order chi connectivity index (χ0) is 17.8. The number of amides is 1. The largest absolute Gasteiger partial charge is 0.341 e. The van der Waals surface area contributed by atoms with Gasteiger partial charge in [0, 0.05) is 25.8 Å². The standard InChI is InChI=1S/C17H27N7O/c1-13(2)8-16-10-23(21-20-16)9-15-4-6-22(7-5-15)17(25)14(3)24-12-18-11-19-24/h10-15H,4-9H2,1-3H3/t14-/m1/s1. The van der Waals surface area contributed by atoms with Gasteiger partial charge in [-0.15, -0.1) is 5.10 Å². The van der Waals surface area contributed by atoms with Gasteiger partial charge in [0.2, 0.25) is 5.91 Å². The molecule has 3 rings (SSSR count). The van der Waals surface area contributed by atoms with Crippen molar-refractivity contribution in [2.24, 2.45) is 11.8 Å². The Morgan fingerprint density at radius 2 is 2.04 bits per heavy atom. The monoisotopic (exact) mass is 345 g/mol. The number of nitrogens with zero attached hydrogens (tertiary/aromatic N) is 7. The molecule has 1 amide bonds. The molecule has 2 aromatic heterocycles. The van der Waals surface area contributed by atoms with Gasteiger partial charge in [-0.1, -0.05) is 19.1 Å². The average molecular weight is 345 g/mol. The lowest BCUT2D eigenvalue weighted by atomic mass is 9.96. The molecule has 25 heavy (non-hydrogen) atoms. The number of piperidine rings is 1. The van der Waals surface area contributed by atoms with Crippen LogP contribution in [0.3, 0.4) is 0 Å². The third-order valence-corrected chi connectivity index (χ3v) is 4.77. The van der Waals surface area contributed by atoms with Crippen molar-refractivity contribution >= 4 is 5.91 Å². The van der Waals surface area contributed by atoms with E-state index in [4.69, 9.17) is 0 Å². The number of carbonyl (C=O) groups is 1. The molecule has 0 spiro atoms. The van der Waals surface area contributed by atoms with Gasteiger partial charge in [-0.2, -0.15) is 5.10 Å². The van der Waals surface area contributed by atoms with Crippen molar-refractivity contribution in [3.8, 4) is 0 Å². The summed E-state index contributed by atoms with van der Waals surface area (Å²) in [5.74, 6) is 1.25. The average Bonchev–Trinajstić information content (AvgIpc) is 3.26. The predicted molar refractivity (Wildman–Crippen MR) is 92.6 cm³/mol. The molecular weight excluding hydrogens is 318 g/mol. The van der Waals surface area contributed by atoms with E-state index in [0.29, 0.717) is 11.8 Å². The zero-order valence-corrected chi connectivity index (χ0v) is 15.2. The molecule has 0 aliphatic carbocycles. The van der Waals surface area contributed by atoms with Crippen molar-refractivity contribution in [2.75, 3.05) is 13.1 Å². The van der Waals surface area contributed by atoms with E-state index in [1.165, 1.54) is 6.33 Å². The number of carbonyl (C=O) groups excluding carboxylic acids is 1. The minimum absolute atomic E-state index is 0.115. The number of likely N-dealkylation sites (tertiary alicyclic amines) is 1. The van der Waals surface area contributed by atoms with E-state index >= 15 is 0 Å². The van der Waals surface area contributed by atoms with Crippen molar-refractivity contribution < 1.29 is 4.79 Å². The Morgan fingerprint density at radius 3 is 2.68 bits per heavy atom. The van der Waals surface area contributed by atoms with E-state index in [0.717, 1.165) is 44.6 Å². The summed E-state index contributed by atoms with van der Waals surface area (Å²) in [4.78, 5) is 18.4. The summed E-state index contributed by atoms with van der Waals surface area (Å²) >= 11 is 0. The highest BCUT2D eigenvalue weighted by Crippen LogP contribution is 2.21. The summed E-state index contributed by atoms with van der Waals surface area (Å²) in [6.45, 7) is 8.70. The second-order valence-corrected chi connectivity index (χ2v) is 7.35. The zero-order valence-electron chi connectivity index (χ0n) is 15.2. The lowest BCUT2D eigenvalue weighted by Crippen LogP contribution is -2.42. The minimum atomic E-state index is -0.298. The molecular formula is C17H27N7O. The predicted octanol–water partition coefficient (Wildman–Crippen LogP) is 1.57. The van der Waals surface area contributed by atoms with E-state index in [-0.39, 0.29) is 11.9 Å². The molecule has 0 aromatic carbocycles. The van der Waals surface area contributed by atoms with Crippen LogP contribution in [0.15, 0.2) is 18.9 Å². The maximum Gasteiger partial charge on any atom is 0.247 e. The van der Waals surface area contributed by atoms with Crippen LogP contribution in [0, 0.1) is 11.8 Å². The van der Waals surface area contributed by atoms with E-state index in [2.05, 4.69) is 40.4 Å². The van der Waals surface area contributed by atoms with Gasteiger partial charge in [0.05, 0.1) is 5.69 Å². The molecule has 1 aliphatic heterocycles. The molecule has 1 aliphatic rings. The van der Waals surface area contributed by atoms with Crippen LogP contribution < -0.4 is 0 Å². The molecule has 1 saturated heterocycles. The quantitative estimate of drug-likeness (QED) is 0.794. The van der Waals surface area contributed by atoms with Crippen molar-refractivity contribution in [3.63, 3.8) is 0 Å². The second kappa shape index (κ2) is 7.76. The Bertz CT molecular complexity index is 671. The first-order valence-electron chi connectivity index (χ1n) is 9.05. The number of rotatable bonds is 6. The maximum absolute atomic E-state index is 12.6. The fourth-order valence-electron chi connectivity index (χ4n) is 3.33. The Kier molecular flexibility index (Phi) is 5.45. The number of aromatic nitrogens is 6. The summed E-state index contributed by atoms with van der Waals surface area (Å²) in [7, 11) is 0.